The highest BCUT2D eigenvalue weighted by Gasteiger charge is 2.23. The van der Waals surface area contributed by atoms with Crippen LogP contribution < -0.4 is 15.8 Å². The average Bonchev–Trinajstić information content (AvgIpc) is 2.92. The fourth-order valence-electron chi connectivity index (χ4n) is 4.67. The highest BCUT2D eigenvalue weighted by atomic mass is 19.1. The number of nitrogens with one attached hydrogen (secondary N) is 1. The van der Waals surface area contributed by atoms with Crippen molar-refractivity contribution in [2.75, 3.05) is 26.1 Å². The molecule has 0 spiro atoms. The first kappa shape index (κ1) is 36.7. The second-order valence-electron chi connectivity index (χ2n) is 11.0. The molecule has 42 heavy (non-hydrogen) atoms. The summed E-state index contributed by atoms with van der Waals surface area (Å²) < 4.78 is 38.1. The van der Waals surface area contributed by atoms with Gasteiger partial charge in [-0.15, -0.1) is 0 Å². The van der Waals surface area contributed by atoms with Gasteiger partial charge in [0, 0.05) is 25.5 Å². The third-order valence-electron chi connectivity index (χ3n) is 7.44. The Hall–Kier alpha value is -3.33. The Morgan fingerprint density at radius 1 is 1.05 bits per heavy atom. The number of hydrogen-bond donors (Lipinski definition) is 2. The molecule has 3 N–H and O–H groups in total. The maximum Gasteiger partial charge on any atom is 0.259 e. The number of aliphatic imine (C=N–C) groups is 1. The molecule has 234 valence electrons. The summed E-state index contributed by atoms with van der Waals surface area (Å²) in [4.78, 5) is 29.2. The van der Waals surface area contributed by atoms with Gasteiger partial charge >= 0.3 is 0 Å². The quantitative estimate of drug-likeness (QED) is 0.217. The first-order valence-electron chi connectivity index (χ1n) is 14.6. The standard InChI is InChI=1S/C22H25F2N3O3.C11H24O/c1-5-6-7-12(2)26-16-8-9-18(30-4)19(13(16)3)22(29)27-17-11-14(23)10-15(24)20(17)21(25)28;1-6-10(3)11(4)7-9(2)8-12-5/h8-11H,5-7H2,1-4H3,(H2,25,28)(H,27,29);9-11H,6-8H2,1-5H3. The first-order chi connectivity index (χ1) is 19.8. The molecule has 3 atom stereocenters. The maximum atomic E-state index is 14.0. The van der Waals surface area contributed by atoms with Crippen LogP contribution in [0.1, 0.15) is 99.9 Å². The number of nitrogens with zero attached hydrogens (tertiary/aromatic N) is 1. The minimum absolute atomic E-state index is 0.141. The number of halogens is 2. The van der Waals surface area contributed by atoms with Gasteiger partial charge in [0.05, 0.1) is 29.6 Å². The van der Waals surface area contributed by atoms with E-state index in [4.69, 9.17) is 15.2 Å². The van der Waals surface area contributed by atoms with Crippen molar-refractivity contribution in [3.63, 3.8) is 0 Å². The van der Waals surface area contributed by atoms with Crippen molar-refractivity contribution in [1.82, 2.24) is 0 Å². The number of hydrogen-bond acceptors (Lipinski definition) is 5. The van der Waals surface area contributed by atoms with Crippen LogP contribution in [0, 0.1) is 36.3 Å². The Kier molecular flexibility index (Phi) is 16.0. The Labute approximate surface area is 250 Å². The topological polar surface area (TPSA) is 103 Å². The van der Waals surface area contributed by atoms with Crippen molar-refractivity contribution in [3.8, 4) is 5.75 Å². The Morgan fingerprint density at radius 2 is 1.71 bits per heavy atom. The van der Waals surface area contributed by atoms with Crippen LogP contribution in [0.5, 0.6) is 5.75 Å². The van der Waals surface area contributed by atoms with Gasteiger partial charge in [-0.05, 0) is 74.6 Å². The zero-order valence-electron chi connectivity index (χ0n) is 26.7. The van der Waals surface area contributed by atoms with Crippen molar-refractivity contribution >= 4 is 28.9 Å². The molecule has 0 aliphatic rings. The lowest BCUT2D eigenvalue weighted by Crippen LogP contribution is -2.21. The summed E-state index contributed by atoms with van der Waals surface area (Å²) in [6.07, 6.45) is 5.45. The minimum atomic E-state index is -1.16. The van der Waals surface area contributed by atoms with E-state index in [1.165, 1.54) is 20.0 Å². The van der Waals surface area contributed by atoms with Crippen molar-refractivity contribution in [2.24, 2.45) is 28.5 Å². The molecule has 0 radical (unpaired) electrons. The van der Waals surface area contributed by atoms with E-state index in [9.17, 15) is 18.4 Å². The smallest absolute Gasteiger partial charge is 0.259 e. The van der Waals surface area contributed by atoms with Crippen molar-refractivity contribution < 1.29 is 27.8 Å². The number of nitrogens with two attached hydrogens (primary N) is 1. The summed E-state index contributed by atoms with van der Waals surface area (Å²) in [5, 5.41) is 2.37. The molecular weight excluding hydrogens is 540 g/mol. The van der Waals surface area contributed by atoms with Crippen LogP contribution in [0.3, 0.4) is 0 Å². The molecule has 0 aliphatic heterocycles. The van der Waals surface area contributed by atoms with E-state index in [2.05, 4.69) is 44.9 Å². The number of carbonyl (C=O) groups is 2. The molecule has 7 nitrogen and oxygen atoms in total. The number of benzene rings is 2. The molecule has 2 aromatic carbocycles. The summed E-state index contributed by atoms with van der Waals surface area (Å²) in [5.74, 6) is -1.31. The normalized spacial score (nSPS) is 13.5. The van der Waals surface area contributed by atoms with Crippen LogP contribution in [0.4, 0.5) is 20.2 Å². The third-order valence-corrected chi connectivity index (χ3v) is 7.44. The molecule has 0 fully saturated rings. The van der Waals surface area contributed by atoms with Gasteiger partial charge < -0.3 is 20.5 Å². The van der Waals surface area contributed by atoms with E-state index in [0.717, 1.165) is 49.5 Å². The number of anilines is 1. The molecule has 2 amide bonds. The lowest BCUT2D eigenvalue weighted by Gasteiger charge is -2.21. The molecule has 0 aromatic heterocycles. The molecule has 3 unspecified atom stereocenters. The predicted molar refractivity (Wildman–Crippen MR) is 167 cm³/mol. The molecule has 2 rings (SSSR count). The van der Waals surface area contributed by atoms with Crippen LogP contribution in [-0.4, -0.2) is 38.4 Å². The molecule has 2 aromatic rings. The monoisotopic (exact) mass is 589 g/mol. The fraction of sp³-hybridized carbons (Fsp3) is 0.545. The fourth-order valence-corrected chi connectivity index (χ4v) is 4.67. The van der Waals surface area contributed by atoms with E-state index in [1.807, 2.05) is 6.92 Å². The summed E-state index contributed by atoms with van der Waals surface area (Å²) >= 11 is 0. The largest absolute Gasteiger partial charge is 0.496 e. The van der Waals surface area contributed by atoms with E-state index in [1.54, 1.807) is 26.2 Å². The van der Waals surface area contributed by atoms with Crippen LogP contribution in [0.15, 0.2) is 29.3 Å². The number of methoxy groups -OCH3 is 2. The molecule has 0 heterocycles. The molecular formula is C33H49F2N3O4. The lowest BCUT2D eigenvalue weighted by molar-refractivity contribution is 0.0997. The predicted octanol–water partition coefficient (Wildman–Crippen LogP) is 8.26. The lowest BCUT2D eigenvalue weighted by atomic mass is 9.86. The van der Waals surface area contributed by atoms with E-state index in [0.29, 0.717) is 23.2 Å². The van der Waals surface area contributed by atoms with Gasteiger partial charge in [0.25, 0.3) is 11.8 Å². The van der Waals surface area contributed by atoms with Gasteiger partial charge in [-0.3, -0.25) is 14.6 Å². The highest BCUT2D eigenvalue weighted by Crippen LogP contribution is 2.32. The zero-order valence-corrected chi connectivity index (χ0v) is 26.7. The molecule has 0 saturated heterocycles. The molecule has 0 aliphatic carbocycles. The summed E-state index contributed by atoms with van der Waals surface area (Å²) in [5.41, 5.74) is 6.39. The highest BCUT2D eigenvalue weighted by molar-refractivity contribution is 6.11. The molecule has 9 heteroatoms. The maximum absolute atomic E-state index is 14.0. The number of unbranched alkanes of at least 4 members (excludes halogenated alkanes) is 1. The van der Waals surface area contributed by atoms with Gasteiger partial charge in [-0.2, -0.15) is 0 Å². The van der Waals surface area contributed by atoms with Crippen LogP contribution in [0.25, 0.3) is 0 Å². The number of ether oxygens (including phenoxy) is 2. The van der Waals surface area contributed by atoms with Gasteiger partial charge in [-0.1, -0.05) is 47.5 Å². The van der Waals surface area contributed by atoms with E-state index in [-0.39, 0.29) is 17.0 Å². The van der Waals surface area contributed by atoms with Crippen LogP contribution in [0.2, 0.25) is 0 Å². The summed E-state index contributed by atoms with van der Waals surface area (Å²) in [6.45, 7) is 15.8. The Morgan fingerprint density at radius 3 is 2.26 bits per heavy atom. The summed E-state index contributed by atoms with van der Waals surface area (Å²) in [7, 11) is 3.18. The van der Waals surface area contributed by atoms with Crippen molar-refractivity contribution in [1.29, 1.82) is 0 Å². The number of amides is 2. The second kappa shape index (κ2) is 18.3. The van der Waals surface area contributed by atoms with Gasteiger partial charge in [0.1, 0.15) is 17.4 Å². The SMILES string of the molecule is CCC(C)C(C)CC(C)COC.CCCCC(C)=Nc1ccc(OC)c(C(=O)Nc2cc(F)cc(F)c2C(N)=O)c1C. The second-order valence-corrected chi connectivity index (χ2v) is 11.0. The van der Waals surface area contributed by atoms with Crippen LogP contribution >= 0.6 is 0 Å². The van der Waals surface area contributed by atoms with Gasteiger partial charge in [0.2, 0.25) is 0 Å². The third kappa shape index (κ3) is 11.2. The average molecular weight is 590 g/mol. The number of carbonyl (C=O) groups excluding carboxylic acids is 2. The molecule has 0 bridgehead atoms. The van der Waals surface area contributed by atoms with Crippen LogP contribution in [-0.2, 0) is 4.74 Å². The molecule has 0 saturated carbocycles. The van der Waals surface area contributed by atoms with Crippen molar-refractivity contribution in [2.45, 2.75) is 80.6 Å². The Balaban J connectivity index is 0.000000619. The minimum Gasteiger partial charge on any atom is -0.496 e. The van der Waals surface area contributed by atoms with Gasteiger partial charge in [0.15, 0.2) is 0 Å². The summed E-state index contributed by atoms with van der Waals surface area (Å²) in [6, 6.07) is 4.68. The van der Waals surface area contributed by atoms with Crippen molar-refractivity contribution in [3.05, 3.63) is 52.6 Å². The number of rotatable bonds is 14. The zero-order chi connectivity index (χ0) is 32.0. The Bertz CT molecular complexity index is 1220. The van der Waals surface area contributed by atoms with E-state index >= 15 is 0 Å². The van der Waals surface area contributed by atoms with Gasteiger partial charge in [-0.25, -0.2) is 8.78 Å². The van der Waals surface area contributed by atoms with E-state index < -0.39 is 29.0 Å². The number of primary amides is 1. The first-order valence-corrected chi connectivity index (χ1v) is 14.6.